The van der Waals surface area contributed by atoms with Crippen LogP contribution in [0.2, 0.25) is 0 Å². The van der Waals surface area contributed by atoms with Crippen molar-refractivity contribution in [2.75, 3.05) is 0 Å². The summed E-state index contributed by atoms with van der Waals surface area (Å²) in [6.45, 7) is 0.376. The molecule has 0 aliphatic rings. The first-order valence-electron chi connectivity index (χ1n) is 5.03. The van der Waals surface area contributed by atoms with Crippen molar-refractivity contribution >= 4 is 28.5 Å². The summed E-state index contributed by atoms with van der Waals surface area (Å²) in [5.74, 6) is 0.619. The molecular weight excluding hydrogens is 331 g/mol. The van der Waals surface area contributed by atoms with Gasteiger partial charge in [0.25, 0.3) is 5.91 Å². The zero-order chi connectivity index (χ0) is 12.3. The molecule has 0 fully saturated rings. The van der Waals surface area contributed by atoms with Gasteiger partial charge in [0.1, 0.15) is 6.33 Å². The number of carbonyl (C=O) groups excluding carboxylic acids is 1. The fourth-order valence-electron chi connectivity index (χ4n) is 1.33. The Bertz CT molecular complexity index is 521. The van der Waals surface area contributed by atoms with Gasteiger partial charge in [-0.05, 0) is 46.9 Å². The Kier molecular flexibility index (Phi) is 3.72. The normalized spacial score (nSPS) is 10.2. The van der Waals surface area contributed by atoms with Crippen LogP contribution < -0.4 is 5.32 Å². The summed E-state index contributed by atoms with van der Waals surface area (Å²) in [7, 11) is 1.84. The predicted octanol–water partition coefficient (Wildman–Crippen LogP) is 1.35. The molecule has 1 aromatic carbocycles. The molecule has 0 spiro atoms. The highest BCUT2D eigenvalue weighted by Gasteiger charge is 2.06. The third-order valence-corrected chi connectivity index (χ3v) is 3.04. The van der Waals surface area contributed by atoms with Crippen molar-refractivity contribution in [3.05, 3.63) is 45.6 Å². The van der Waals surface area contributed by atoms with Gasteiger partial charge in [0.15, 0.2) is 5.82 Å². The van der Waals surface area contributed by atoms with Crippen LogP contribution >= 0.6 is 22.6 Å². The molecule has 0 unspecified atom stereocenters. The topological polar surface area (TPSA) is 59.8 Å². The van der Waals surface area contributed by atoms with E-state index in [1.807, 2.05) is 19.2 Å². The monoisotopic (exact) mass is 342 g/mol. The van der Waals surface area contributed by atoms with Gasteiger partial charge in [-0.15, -0.1) is 10.2 Å². The van der Waals surface area contributed by atoms with Crippen molar-refractivity contribution in [1.82, 2.24) is 20.1 Å². The maximum Gasteiger partial charge on any atom is 0.251 e. The number of rotatable bonds is 3. The number of nitrogens with zero attached hydrogens (tertiary/aromatic N) is 3. The Balaban J connectivity index is 1.98. The van der Waals surface area contributed by atoms with Crippen molar-refractivity contribution in [2.45, 2.75) is 6.54 Å². The summed E-state index contributed by atoms with van der Waals surface area (Å²) in [6, 6.07) is 7.40. The van der Waals surface area contributed by atoms with E-state index >= 15 is 0 Å². The third kappa shape index (κ3) is 3.02. The first-order valence-corrected chi connectivity index (χ1v) is 6.11. The van der Waals surface area contributed by atoms with Gasteiger partial charge in [0.2, 0.25) is 0 Å². The minimum Gasteiger partial charge on any atom is -0.345 e. The van der Waals surface area contributed by atoms with Gasteiger partial charge in [-0.2, -0.15) is 0 Å². The largest absolute Gasteiger partial charge is 0.345 e. The highest BCUT2D eigenvalue weighted by atomic mass is 127. The Morgan fingerprint density at radius 3 is 2.71 bits per heavy atom. The minimum atomic E-state index is -0.107. The van der Waals surface area contributed by atoms with Crippen LogP contribution in [0.25, 0.3) is 0 Å². The van der Waals surface area contributed by atoms with Crippen LogP contribution in [0.5, 0.6) is 0 Å². The van der Waals surface area contributed by atoms with E-state index in [1.54, 1.807) is 23.0 Å². The van der Waals surface area contributed by atoms with E-state index < -0.39 is 0 Å². The highest BCUT2D eigenvalue weighted by molar-refractivity contribution is 14.1. The van der Waals surface area contributed by atoms with Crippen LogP contribution in [-0.4, -0.2) is 20.7 Å². The van der Waals surface area contributed by atoms with E-state index in [4.69, 9.17) is 0 Å². The molecule has 5 nitrogen and oxygen atoms in total. The number of halogens is 1. The number of aromatic nitrogens is 3. The zero-order valence-corrected chi connectivity index (χ0v) is 11.4. The second-order valence-electron chi connectivity index (χ2n) is 3.55. The van der Waals surface area contributed by atoms with Crippen molar-refractivity contribution in [3.63, 3.8) is 0 Å². The maximum absolute atomic E-state index is 11.8. The first kappa shape index (κ1) is 12.0. The molecule has 0 aliphatic carbocycles. The van der Waals surface area contributed by atoms with Crippen LogP contribution in [0.3, 0.4) is 0 Å². The molecule has 1 amide bonds. The second-order valence-corrected chi connectivity index (χ2v) is 4.79. The van der Waals surface area contributed by atoms with Crippen LogP contribution in [0.1, 0.15) is 16.2 Å². The quantitative estimate of drug-likeness (QED) is 0.857. The zero-order valence-electron chi connectivity index (χ0n) is 9.22. The number of carbonyl (C=O) groups is 1. The molecule has 0 bridgehead atoms. The highest BCUT2D eigenvalue weighted by Crippen LogP contribution is 2.06. The van der Waals surface area contributed by atoms with Gasteiger partial charge in [0, 0.05) is 16.2 Å². The number of aryl methyl sites for hydroxylation is 1. The summed E-state index contributed by atoms with van der Waals surface area (Å²) >= 11 is 2.20. The fraction of sp³-hybridized carbons (Fsp3) is 0.182. The summed E-state index contributed by atoms with van der Waals surface area (Å²) in [4.78, 5) is 11.8. The smallest absolute Gasteiger partial charge is 0.251 e. The Labute approximate surface area is 112 Å². The standard InChI is InChI=1S/C11H11IN4O/c1-16-7-14-15-10(16)6-13-11(17)8-2-4-9(12)5-3-8/h2-5,7H,6H2,1H3,(H,13,17). The molecule has 17 heavy (non-hydrogen) atoms. The third-order valence-electron chi connectivity index (χ3n) is 2.32. The summed E-state index contributed by atoms with van der Waals surface area (Å²) < 4.78 is 2.88. The van der Waals surface area contributed by atoms with E-state index in [0.717, 1.165) is 9.39 Å². The van der Waals surface area contributed by atoms with E-state index in [-0.39, 0.29) is 5.91 Å². The Morgan fingerprint density at radius 2 is 2.12 bits per heavy atom. The molecule has 0 saturated heterocycles. The molecular formula is C11H11IN4O. The van der Waals surface area contributed by atoms with Gasteiger partial charge in [0.05, 0.1) is 6.54 Å². The van der Waals surface area contributed by atoms with Crippen molar-refractivity contribution in [2.24, 2.45) is 7.05 Å². The van der Waals surface area contributed by atoms with Gasteiger partial charge in [-0.3, -0.25) is 4.79 Å². The van der Waals surface area contributed by atoms with Crippen LogP contribution in [0.4, 0.5) is 0 Å². The summed E-state index contributed by atoms with van der Waals surface area (Å²) in [6.07, 6.45) is 1.60. The number of hydrogen-bond acceptors (Lipinski definition) is 3. The van der Waals surface area contributed by atoms with E-state index in [0.29, 0.717) is 12.1 Å². The van der Waals surface area contributed by atoms with Crippen molar-refractivity contribution < 1.29 is 4.79 Å². The lowest BCUT2D eigenvalue weighted by Crippen LogP contribution is -2.24. The molecule has 2 rings (SSSR count). The van der Waals surface area contributed by atoms with Crippen molar-refractivity contribution in [3.8, 4) is 0 Å². The average Bonchev–Trinajstić information content (AvgIpc) is 2.73. The van der Waals surface area contributed by atoms with Gasteiger partial charge in [-0.1, -0.05) is 0 Å². The fourth-order valence-corrected chi connectivity index (χ4v) is 1.69. The first-order chi connectivity index (χ1) is 8.16. The second kappa shape index (κ2) is 5.26. The molecule has 0 atom stereocenters. The average molecular weight is 342 g/mol. The molecule has 0 saturated carbocycles. The molecule has 88 valence electrons. The van der Waals surface area contributed by atoms with Crippen LogP contribution in [-0.2, 0) is 13.6 Å². The molecule has 0 aliphatic heterocycles. The minimum absolute atomic E-state index is 0.107. The molecule has 1 N–H and O–H groups in total. The molecule has 6 heteroatoms. The lowest BCUT2D eigenvalue weighted by Gasteiger charge is -2.04. The number of amides is 1. The van der Waals surface area contributed by atoms with Crippen LogP contribution in [0.15, 0.2) is 30.6 Å². The lowest BCUT2D eigenvalue weighted by atomic mass is 10.2. The number of hydrogen-bond donors (Lipinski definition) is 1. The lowest BCUT2D eigenvalue weighted by molar-refractivity contribution is 0.0949. The summed E-state index contributed by atoms with van der Waals surface area (Å²) in [5.41, 5.74) is 0.646. The van der Waals surface area contributed by atoms with E-state index in [1.165, 1.54) is 0 Å². The van der Waals surface area contributed by atoms with Gasteiger partial charge < -0.3 is 9.88 Å². The predicted molar refractivity (Wildman–Crippen MR) is 71.3 cm³/mol. The number of benzene rings is 1. The van der Waals surface area contributed by atoms with E-state index in [9.17, 15) is 4.79 Å². The molecule has 2 aromatic rings. The molecule has 1 aromatic heterocycles. The molecule has 1 heterocycles. The molecule has 0 radical (unpaired) electrons. The van der Waals surface area contributed by atoms with Crippen LogP contribution in [0, 0.1) is 3.57 Å². The Hall–Kier alpha value is -1.44. The SMILES string of the molecule is Cn1cnnc1CNC(=O)c1ccc(I)cc1. The van der Waals surface area contributed by atoms with Gasteiger partial charge >= 0.3 is 0 Å². The van der Waals surface area contributed by atoms with Crippen molar-refractivity contribution in [1.29, 1.82) is 0 Å². The van der Waals surface area contributed by atoms with E-state index in [2.05, 4.69) is 38.1 Å². The Morgan fingerprint density at radius 1 is 1.41 bits per heavy atom. The van der Waals surface area contributed by atoms with Gasteiger partial charge in [-0.25, -0.2) is 0 Å². The maximum atomic E-state index is 11.8. The summed E-state index contributed by atoms with van der Waals surface area (Å²) in [5, 5.41) is 10.4. The number of nitrogens with one attached hydrogen (secondary N) is 1.